The minimum Gasteiger partial charge on any atom is -0.236 e. The maximum atomic E-state index is 13.0. The maximum absolute atomic E-state index is 13.0. The molecule has 0 aromatic rings. The van der Waals surface area contributed by atoms with E-state index in [0.717, 1.165) is 0 Å². The second-order valence-corrected chi connectivity index (χ2v) is 3.38. The highest BCUT2D eigenvalue weighted by Crippen LogP contribution is 2.40. The third kappa shape index (κ3) is 1.57. The number of halogens is 5. The number of hydrogen-bond donors (Lipinski definition) is 0. The van der Waals surface area contributed by atoms with Gasteiger partial charge in [0.2, 0.25) is 0 Å². The van der Waals surface area contributed by atoms with E-state index in [1.165, 1.54) is 14.8 Å². The van der Waals surface area contributed by atoms with Crippen LogP contribution in [0.15, 0.2) is 23.1 Å². The smallest absolute Gasteiger partial charge is 0.192 e. The Morgan fingerprint density at radius 2 is 1.50 bits per heavy atom. The minimum absolute atomic E-state index is 0.719. The largest absolute Gasteiger partial charge is 0.236 e. The van der Waals surface area contributed by atoms with E-state index < -0.39 is 41.2 Å². The van der Waals surface area contributed by atoms with Gasteiger partial charge >= 0.3 is 0 Å². The topological polar surface area (TPSA) is 0 Å². The average Bonchev–Trinajstić information content (AvgIpc) is 2.11. The number of allylic oxidation sites excluding steroid dienone is 4. The van der Waals surface area contributed by atoms with Gasteiger partial charge in [-0.15, -0.1) is 0 Å². The zero-order valence-electron chi connectivity index (χ0n) is 7.62. The third-order valence-electron chi connectivity index (χ3n) is 2.02. The third-order valence-corrected chi connectivity index (χ3v) is 2.02. The molecule has 0 aliphatic heterocycles. The number of alkyl halides is 2. The lowest BCUT2D eigenvalue weighted by Crippen LogP contribution is -2.26. The fourth-order valence-corrected chi connectivity index (χ4v) is 1.29. The molecule has 0 amide bonds. The zero-order chi connectivity index (χ0) is 11.0. The summed E-state index contributed by atoms with van der Waals surface area (Å²) in [6, 6.07) is 0. The van der Waals surface area contributed by atoms with Crippen molar-refractivity contribution in [1.82, 2.24) is 0 Å². The highest BCUT2D eigenvalue weighted by molar-refractivity contribution is 6.13. The normalized spacial score (nSPS) is 31.0. The van der Waals surface area contributed by atoms with E-state index in [4.69, 9.17) is 0 Å². The first-order valence-electron chi connectivity index (χ1n) is 4.11. The molecule has 0 saturated heterocycles. The van der Waals surface area contributed by atoms with E-state index in [0.29, 0.717) is 0 Å². The van der Waals surface area contributed by atoms with E-state index in [1.54, 1.807) is 0 Å². The van der Waals surface area contributed by atoms with Gasteiger partial charge in [0.05, 0.1) is 0 Å². The molecule has 0 fully saturated rings. The lowest BCUT2D eigenvalue weighted by Gasteiger charge is -2.22. The average molecular weight is 210 g/mol. The van der Waals surface area contributed by atoms with Crippen LogP contribution in [0.5, 0.6) is 0 Å². The summed E-state index contributed by atoms with van der Waals surface area (Å²) < 4.78 is 64.0. The monoisotopic (exact) mass is 210 g/mol. The van der Waals surface area contributed by atoms with Gasteiger partial charge in [-0.3, -0.25) is 0 Å². The summed E-state index contributed by atoms with van der Waals surface area (Å²) in [5, 5.41) is 0. The minimum atomic E-state index is -2.86. The van der Waals surface area contributed by atoms with Crippen LogP contribution >= 0.6 is 0 Å². The summed E-state index contributed by atoms with van der Waals surface area (Å²) >= 11 is 0. The lowest BCUT2D eigenvalue weighted by atomic mass is 9.79. The van der Waals surface area contributed by atoms with Gasteiger partial charge in [0.15, 0.2) is 24.0 Å². The second-order valence-electron chi connectivity index (χ2n) is 3.38. The van der Waals surface area contributed by atoms with Gasteiger partial charge in [0.1, 0.15) is 13.7 Å². The molecule has 14 heavy (non-hydrogen) atoms. The van der Waals surface area contributed by atoms with Crippen molar-refractivity contribution in [2.75, 3.05) is 0 Å². The van der Waals surface area contributed by atoms with Crippen LogP contribution < -0.4 is 0 Å². The first-order chi connectivity index (χ1) is 6.37. The highest BCUT2D eigenvalue weighted by Gasteiger charge is 2.40. The maximum Gasteiger partial charge on any atom is 0.192 e. The molecule has 3 atom stereocenters. The molecular formula is C8H8BF5. The van der Waals surface area contributed by atoms with Gasteiger partial charge in [0.25, 0.3) is 0 Å². The van der Waals surface area contributed by atoms with Crippen molar-refractivity contribution in [3.05, 3.63) is 23.1 Å². The first-order valence-corrected chi connectivity index (χ1v) is 4.11. The quantitative estimate of drug-likeness (QED) is 0.460. The zero-order valence-corrected chi connectivity index (χ0v) is 7.62. The molecule has 78 valence electrons. The van der Waals surface area contributed by atoms with Gasteiger partial charge in [0, 0.05) is 5.57 Å². The van der Waals surface area contributed by atoms with Crippen molar-refractivity contribution in [1.29, 1.82) is 0 Å². The van der Waals surface area contributed by atoms with E-state index >= 15 is 0 Å². The first kappa shape index (κ1) is 11.3. The summed E-state index contributed by atoms with van der Waals surface area (Å²) in [6.45, 7) is 1.37. The molecule has 1 rings (SSSR count). The summed E-state index contributed by atoms with van der Waals surface area (Å²) in [4.78, 5) is 0. The Bertz CT molecular complexity index is 307. The van der Waals surface area contributed by atoms with Gasteiger partial charge in [-0.05, 0) is 5.82 Å². The van der Waals surface area contributed by atoms with Crippen LogP contribution in [-0.4, -0.2) is 20.2 Å². The molecule has 0 spiro atoms. The van der Waals surface area contributed by atoms with Crippen LogP contribution in [0.25, 0.3) is 0 Å². The molecule has 0 N–H and O–H groups in total. The highest BCUT2D eigenvalue weighted by atomic mass is 19.2. The molecule has 1 aliphatic rings. The number of hydrogen-bond acceptors (Lipinski definition) is 0. The fraction of sp³-hybridized carbons (Fsp3) is 0.500. The Balaban J connectivity index is 3.25. The predicted octanol–water partition coefficient (Wildman–Crippen LogP) is 2.49. The molecule has 0 bridgehead atoms. The Labute approximate surface area is 78.9 Å². The molecule has 6 heteroatoms. The summed E-state index contributed by atoms with van der Waals surface area (Å²) in [5.41, 5.74) is -0.719. The molecule has 0 aromatic heterocycles. The second kappa shape index (κ2) is 3.75. The lowest BCUT2D eigenvalue weighted by molar-refractivity contribution is 0.164. The SMILES string of the molecule is BC(C)C1=C(F)C(F)C(F)C(F)=C1F. The van der Waals surface area contributed by atoms with E-state index in [-0.39, 0.29) is 0 Å². The fourth-order valence-electron chi connectivity index (χ4n) is 1.29. The Morgan fingerprint density at radius 1 is 1.07 bits per heavy atom. The van der Waals surface area contributed by atoms with E-state index in [9.17, 15) is 22.0 Å². The summed E-state index contributed by atoms with van der Waals surface area (Å²) in [6.07, 6.45) is -5.59. The molecule has 1 aliphatic carbocycles. The van der Waals surface area contributed by atoms with Crippen molar-refractivity contribution >= 4 is 7.85 Å². The molecule has 0 saturated carbocycles. The Morgan fingerprint density at radius 3 is 1.93 bits per heavy atom. The predicted molar refractivity (Wildman–Crippen MR) is 45.1 cm³/mol. The van der Waals surface area contributed by atoms with Crippen molar-refractivity contribution in [3.63, 3.8) is 0 Å². The van der Waals surface area contributed by atoms with Crippen molar-refractivity contribution < 1.29 is 22.0 Å². The number of rotatable bonds is 1. The van der Waals surface area contributed by atoms with Crippen LogP contribution in [0.4, 0.5) is 22.0 Å². The van der Waals surface area contributed by atoms with Gasteiger partial charge in [-0.1, -0.05) is 6.92 Å². The van der Waals surface area contributed by atoms with Crippen molar-refractivity contribution in [2.45, 2.75) is 25.1 Å². The Hall–Kier alpha value is -0.805. The van der Waals surface area contributed by atoms with Crippen LogP contribution in [0.1, 0.15) is 6.92 Å². The van der Waals surface area contributed by atoms with Crippen LogP contribution in [0, 0.1) is 0 Å². The van der Waals surface area contributed by atoms with Crippen molar-refractivity contribution in [2.24, 2.45) is 0 Å². The van der Waals surface area contributed by atoms with Crippen LogP contribution in [0.3, 0.4) is 0 Å². The van der Waals surface area contributed by atoms with E-state index in [1.807, 2.05) is 0 Å². The molecule has 0 heterocycles. The van der Waals surface area contributed by atoms with Crippen molar-refractivity contribution in [3.8, 4) is 0 Å². The molecule has 0 radical (unpaired) electrons. The molecule has 0 aromatic carbocycles. The van der Waals surface area contributed by atoms with Gasteiger partial charge in [-0.2, -0.15) is 0 Å². The summed E-state index contributed by atoms with van der Waals surface area (Å²) in [7, 11) is 1.37. The van der Waals surface area contributed by atoms with E-state index in [2.05, 4.69) is 0 Å². The van der Waals surface area contributed by atoms with Gasteiger partial charge < -0.3 is 0 Å². The molecule has 0 nitrogen and oxygen atoms in total. The summed E-state index contributed by atoms with van der Waals surface area (Å²) in [5.74, 6) is -5.75. The standard InChI is InChI=1S/C8H8BF5/c1-2(9)3-4(10)6(12)8(14)7(13)5(3)11/h2,6,8H,9H2,1H3. The van der Waals surface area contributed by atoms with Gasteiger partial charge in [-0.25, -0.2) is 22.0 Å². The van der Waals surface area contributed by atoms with Crippen LogP contribution in [-0.2, 0) is 0 Å². The Kier molecular flexibility index (Phi) is 3.02. The molecular weight excluding hydrogens is 202 g/mol. The molecule has 3 unspecified atom stereocenters. The van der Waals surface area contributed by atoms with Crippen LogP contribution in [0.2, 0.25) is 5.82 Å².